The standard InChI is InChI=1S/C20H19FN4O4S/c1-22-17(26)11-16-19(28)24(14-6-8-15(29-2)9-7-14)20(30)25(16)23-18(27)12-4-3-5-13(21)10-12/h3-10,16H,11H2,1-2H3,(H,22,26)(H,23,27). The van der Waals surface area contributed by atoms with Crippen molar-refractivity contribution in [1.82, 2.24) is 15.8 Å². The van der Waals surface area contributed by atoms with E-state index in [4.69, 9.17) is 17.0 Å². The SMILES string of the molecule is CNC(=O)CC1C(=O)N(c2ccc(OC)cc2)C(=S)N1NC(=O)c1cccc(F)c1. The third kappa shape index (κ3) is 4.23. The maximum Gasteiger partial charge on any atom is 0.269 e. The summed E-state index contributed by atoms with van der Waals surface area (Å²) in [6.45, 7) is 0. The third-order valence-electron chi connectivity index (χ3n) is 4.51. The molecule has 2 aromatic carbocycles. The van der Waals surface area contributed by atoms with Crippen LogP contribution in [-0.2, 0) is 9.59 Å². The molecule has 1 heterocycles. The van der Waals surface area contributed by atoms with Gasteiger partial charge in [-0.3, -0.25) is 24.7 Å². The molecule has 1 aliphatic heterocycles. The minimum Gasteiger partial charge on any atom is -0.497 e. The van der Waals surface area contributed by atoms with Gasteiger partial charge in [-0.05, 0) is 54.7 Å². The van der Waals surface area contributed by atoms with Gasteiger partial charge in [-0.1, -0.05) is 6.07 Å². The van der Waals surface area contributed by atoms with Gasteiger partial charge in [-0.2, -0.15) is 0 Å². The number of carbonyl (C=O) groups excluding carboxylic acids is 3. The van der Waals surface area contributed by atoms with E-state index < -0.39 is 29.6 Å². The van der Waals surface area contributed by atoms with Crippen LogP contribution in [0.5, 0.6) is 5.75 Å². The lowest BCUT2D eigenvalue weighted by Gasteiger charge is -2.24. The number of hydrazine groups is 1. The van der Waals surface area contributed by atoms with Crippen LogP contribution in [-0.4, -0.2) is 48.0 Å². The van der Waals surface area contributed by atoms with Gasteiger partial charge in [0.25, 0.3) is 11.8 Å². The number of nitrogens with zero attached hydrogens (tertiary/aromatic N) is 2. The van der Waals surface area contributed by atoms with Crippen molar-refractivity contribution in [3.8, 4) is 5.75 Å². The van der Waals surface area contributed by atoms with Crippen molar-refractivity contribution in [3.05, 3.63) is 59.9 Å². The Morgan fingerprint density at radius 3 is 2.50 bits per heavy atom. The predicted octanol–water partition coefficient (Wildman–Crippen LogP) is 1.62. The molecule has 2 aromatic rings. The van der Waals surface area contributed by atoms with Gasteiger partial charge in [-0.15, -0.1) is 0 Å². The Morgan fingerprint density at radius 1 is 1.20 bits per heavy atom. The number of rotatable bonds is 6. The van der Waals surface area contributed by atoms with E-state index in [1.54, 1.807) is 24.3 Å². The predicted molar refractivity (Wildman–Crippen MR) is 111 cm³/mol. The molecule has 1 atom stereocenters. The fraction of sp³-hybridized carbons (Fsp3) is 0.200. The summed E-state index contributed by atoms with van der Waals surface area (Å²) in [5.74, 6) is -1.53. The second kappa shape index (κ2) is 8.87. The highest BCUT2D eigenvalue weighted by Crippen LogP contribution is 2.27. The average Bonchev–Trinajstić information content (AvgIpc) is 2.97. The number of hydrogen-bond acceptors (Lipinski definition) is 5. The summed E-state index contributed by atoms with van der Waals surface area (Å²) in [4.78, 5) is 38.9. The number of thiocarbonyl (C=S) groups is 1. The first-order chi connectivity index (χ1) is 14.3. The van der Waals surface area contributed by atoms with E-state index in [9.17, 15) is 18.8 Å². The summed E-state index contributed by atoms with van der Waals surface area (Å²) in [5.41, 5.74) is 3.03. The van der Waals surface area contributed by atoms with E-state index in [-0.39, 0.29) is 17.1 Å². The lowest BCUT2D eigenvalue weighted by molar-refractivity contribution is -0.127. The highest BCUT2D eigenvalue weighted by molar-refractivity contribution is 7.80. The number of carbonyl (C=O) groups is 3. The number of ether oxygens (including phenoxy) is 1. The number of methoxy groups -OCH3 is 1. The lowest BCUT2D eigenvalue weighted by atomic mass is 10.1. The first kappa shape index (κ1) is 21.2. The molecular weight excluding hydrogens is 411 g/mol. The molecule has 1 aliphatic rings. The molecule has 10 heteroatoms. The summed E-state index contributed by atoms with van der Waals surface area (Å²) in [6, 6.07) is 10.6. The smallest absolute Gasteiger partial charge is 0.269 e. The molecule has 8 nitrogen and oxygen atoms in total. The maximum absolute atomic E-state index is 13.5. The van der Waals surface area contributed by atoms with Crippen molar-refractivity contribution >= 4 is 40.7 Å². The Hall–Kier alpha value is -3.53. The highest BCUT2D eigenvalue weighted by atomic mass is 32.1. The van der Waals surface area contributed by atoms with Crippen molar-refractivity contribution in [2.45, 2.75) is 12.5 Å². The molecule has 0 radical (unpaired) electrons. The van der Waals surface area contributed by atoms with Crippen LogP contribution in [0.15, 0.2) is 48.5 Å². The van der Waals surface area contributed by atoms with Crippen molar-refractivity contribution in [1.29, 1.82) is 0 Å². The van der Waals surface area contributed by atoms with Gasteiger partial charge < -0.3 is 10.1 Å². The summed E-state index contributed by atoms with van der Waals surface area (Å²) in [6.07, 6.45) is -0.231. The molecule has 30 heavy (non-hydrogen) atoms. The molecule has 3 amide bonds. The van der Waals surface area contributed by atoms with Gasteiger partial charge >= 0.3 is 0 Å². The fourth-order valence-electron chi connectivity index (χ4n) is 2.95. The van der Waals surface area contributed by atoms with Crippen molar-refractivity contribution < 1.29 is 23.5 Å². The second-order valence-electron chi connectivity index (χ2n) is 6.37. The van der Waals surface area contributed by atoms with Gasteiger partial charge in [0.05, 0.1) is 19.2 Å². The molecule has 156 valence electrons. The van der Waals surface area contributed by atoms with E-state index in [0.29, 0.717) is 11.4 Å². The Kier molecular flexibility index (Phi) is 6.26. The molecule has 0 saturated carbocycles. The van der Waals surface area contributed by atoms with Crippen molar-refractivity contribution in [3.63, 3.8) is 0 Å². The van der Waals surface area contributed by atoms with Gasteiger partial charge in [0.1, 0.15) is 17.6 Å². The minimum absolute atomic E-state index is 0.0103. The molecule has 0 aliphatic carbocycles. The average molecular weight is 430 g/mol. The summed E-state index contributed by atoms with van der Waals surface area (Å²) in [7, 11) is 2.96. The Morgan fingerprint density at radius 2 is 1.90 bits per heavy atom. The number of hydrogen-bond donors (Lipinski definition) is 2. The van der Waals surface area contributed by atoms with Gasteiger partial charge in [0, 0.05) is 12.6 Å². The Bertz CT molecular complexity index is 999. The molecule has 0 spiro atoms. The fourth-order valence-corrected chi connectivity index (χ4v) is 3.32. The summed E-state index contributed by atoms with van der Waals surface area (Å²) in [5, 5.41) is 3.60. The van der Waals surface area contributed by atoms with Crippen LogP contribution < -0.4 is 20.4 Å². The van der Waals surface area contributed by atoms with E-state index in [2.05, 4.69) is 10.7 Å². The largest absolute Gasteiger partial charge is 0.497 e. The number of nitrogens with one attached hydrogen (secondary N) is 2. The van der Waals surface area contributed by atoms with Crippen LogP contribution in [0, 0.1) is 5.82 Å². The monoisotopic (exact) mass is 430 g/mol. The molecule has 0 bridgehead atoms. The first-order valence-electron chi connectivity index (χ1n) is 8.94. The quantitative estimate of drug-likeness (QED) is 0.677. The first-order valence-corrected chi connectivity index (χ1v) is 9.35. The normalized spacial score (nSPS) is 15.9. The van der Waals surface area contributed by atoms with E-state index in [1.165, 1.54) is 37.3 Å². The molecule has 1 saturated heterocycles. The molecular formula is C20H19FN4O4S. The summed E-state index contributed by atoms with van der Waals surface area (Å²) < 4.78 is 18.6. The minimum atomic E-state index is -1.06. The van der Waals surface area contributed by atoms with Crippen molar-refractivity contribution in [2.24, 2.45) is 0 Å². The van der Waals surface area contributed by atoms with E-state index >= 15 is 0 Å². The van der Waals surface area contributed by atoms with Crippen LogP contribution >= 0.6 is 12.2 Å². The van der Waals surface area contributed by atoms with Crippen LogP contribution in [0.25, 0.3) is 0 Å². The van der Waals surface area contributed by atoms with Gasteiger partial charge in [0.15, 0.2) is 0 Å². The van der Waals surface area contributed by atoms with E-state index in [1.807, 2.05) is 0 Å². The zero-order chi connectivity index (χ0) is 21.8. The Balaban J connectivity index is 1.91. The Labute approximate surface area is 177 Å². The van der Waals surface area contributed by atoms with Crippen molar-refractivity contribution in [2.75, 3.05) is 19.1 Å². The molecule has 2 N–H and O–H groups in total. The number of amides is 3. The third-order valence-corrected chi connectivity index (χ3v) is 4.89. The molecule has 1 unspecified atom stereocenters. The topological polar surface area (TPSA) is 91.0 Å². The number of halogens is 1. The number of benzene rings is 2. The molecule has 1 fully saturated rings. The van der Waals surface area contributed by atoms with E-state index in [0.717, 1.165) is 11.1 Å². The second-order valence-corrected chi connectivity index (χ2v) is 6.73. The van der Waals surface area contributed by atoms with Gasteiger partial charge in [-0.25, -0.2) is 9.40 Å². The highest BCUT2D eigenvalue weighted by Gasteiger charge is 2.45. The molecule has 0 aromatic heterocycles. The van der Waals surface area contributed by atoms with Crippen LogP contribution in [0.1, 0.15) is 16.8 Å². The number of anilines is 1. The zero-order valence-corrected chi connectivity index (χ0v) is 17.0. The zero-order valence-electron chi connectivity index (χ0n) is 16.2. The van der Waals surface area contributed by atoms with Crippen LogP contribution in [0.4, 0.5) is 10.1 Å². The van der Waals surface area contributed by atoms with Gasteiger partial charge in [0.2, 0.25) is 11.0 Å². The molecule has 3 rings (SSSR count). The maximum atomic E-state index is 13.5. The van der Waals surface area contributed by atoms with Crippen LogP contribution in [0.3, 0.4) is 0 Å². The van der Waals surface area contributed by atoms with Crippen LogP contribution in [0.2, 0.25) is 0 Å². The summed E-state index contributed by atoms with van der Waals surface area (Å²) >= 11 is 5.42. The lowest BCUT2D eigenvalue weighted by Crippen LogP contribution is -2.50.